The Hall–Kier alpha value is -0.780. The van der Waals surface area contributed by atoms with E-state index in [2.05, 4.69) is 15.9 Å². The van der Waals surface area contributed by atoms with Crippen LogP contribution in [0.1, 0.15) is 26.2 Å². The second-order valence-electron chi connectivity index (χ2n) is 5.63. The summed E-state index contributed by atoms with van der Waals surface area (Å²) in [6.07, 6.45) is 2.57. The Bertz CT molecular complexity index is 485. The molecule has 0 aliphatic carbocycles. The van der Waals surface area contributed by atoms with Crippen LogP contribution in [0.15, 0.2) is 28.7 Å². The van der Waals surface area contributed by atoms with Gasteiger partial charge in [-0.2, -0.15) is 0 Å². The van der Waals surface area contributed by atoms with Crippen molar-refractivity contribution < 1.29 is 9.53 Å². The summed E-state index contributed by atoms with van der Waals surface area (Å²) in [4.78, 5) is 14.2. The van der Waals surface area contributed by atoms with Gasteiger partial charge >= 0.3 is 0 Å². The third-order valence-electron chi connectivity index (χ3n) is 3.96. The van der Waals surface area contributed by atoms with Crippen LogP contribution in [0.2, 0.25) is 0 Å². The summed E-state index contributed by atoms with van der Waals surface area (Å²) in [7, 11) is 0. The summed E-state index contributed by atoms with van der Waals surface area (Å²) in [6.45, 7) is 4.05. The maximum atomic E-state index is 12.2. The zero-order chi connectivity index (χ0) is 15.2. The number of amides is 1. The molecule has 1 fully saturated rings. The molecule has 0 bridgehead atoms. The van der Waals surface area contributed by atoms with Crippen LogP contribution in [0, 0.1) is 5.92 Å². The zero-order valence-corrected chi connectivity index (χ0v) is 15.2. The first-order valence-corrected chi connectivity index (χ1v) is 8.28. The van der Waals surface area contributed by atoms with Gasteiger partial charge in [0.25, 0.3) is 0 Å². The predicted octanol–water partition coefficient (Wildman–Crippen LogP) is 3.23. The molecule has 1 aliphatic heterocycles. The van der Waals surface area contributed by atoms with Gasteiger partial charge in [0.05, 0.1) is 17.5 Å². The first-order chi connectivity index (χ1) is 10.1. The van der Waals surface area contributed by atoms with Crippen molar-refractivity contribution in [3.05, 3.63) is 28.7 Å². The minimum Gasteiger partial charge on any atom is -0.492 e. The molecule has 2 atom stereocenters. The van der Waals surface area contributed by atoms with E-state index in [1.165, 1.54) is 0 Å². The Kier molecular flexibility index (Phi) is 8.21. The van der Waals surface area contributed by atoms with E-state index in [4.69, 9.17) is 10.5 Å². The fourth-order valence-corrected chi connectivity index (χ4v) is 3.03. The molecular weight excluding hydrogens is 368 g/mol. The van der Waals surface area contributed by atoms with Crippen molar-refractivity contribution in [2.75, 3.05) is 19.7 Å². The molecule has 6 heteroatoms. The van der Waals surface area contributed by atoms with Crippen molar-refractivity contribution in [2.24, 2.45) is 11.7 Å². The molecule has 1 aromatic carbocycles. The number of carbonyl (C=O) groups is 1. The van der Waals surface area contributed by atoms with Crippen molar-refractivity contribution >= 4 is 34.2 Å². The normalized spacial score (nSPS) is 19.2. The Morgan fingerprint density at radius 1 is 1.50 bits per heavy atom. The summed E-state index contributed by atoms with van der Waals surface area (Å²) in [5.41, 5.74) is 5.95. The fourth-order valence-electron chi connectivity index (χ4n) is 2.63. The molecular formula is C16H24BrClN2O2. The smallest absolute Gasteiger partial charge is 0.226 e. The van der Waals surface area contributed by atoms with Crippen molar-refractivity contribution in [1.29, 1.82) is 0 Å². The molecule has 1 saturated heterocycles. The monoisotopic (exact) mass is 390 g/mol. The third kappa shape index (κ3) is 5.45. The maximum Gasteiger partial charge on any atom is 0.226 e. The fraction of sp³-hybridized carbons (Fsp3) is 0.562. The lowest BCUT2D eigenvalue weighted by Gasteiger charge is -2.34. The highest BCUT2D eigenvalue weighted by molar-refractivity contribution is 9.10. The summed E-state index contributed by atoms with van der Waals surface area (Å²) >= 11 is 3.43. The van der Waals surface area contributed by atoms with Crippen molar-refractivity contribution in [2.45, 2.75) is 32.2 Å². The molecule has 0 aromatic heterocycles. The highest BCUT2D eigenvalue weighted by atomic mass is 79.9. The molecule has 2 rings (SSSR count). The van der Waals surface area contributed by atoms with Gasteiger partial charge in [0.1, 0.15) is 5.75 Å². The van der Waals surface area contributed by atoms with Crippen LogP contribution < -0.4 is 10.5 Å². The number of rotatable bonds is 5. The Morgan fingerprint density at radius 2 is 2.23 bits per heavy atom. The summed E-state index contributed by atoms with van der Waals surface area (Å²) in [6, 6.07) is 7.82. The minimum absolute atomic E-state index is 0. The van der Waals surface area contributed by atoms with Gasteiger partial charge in [0, 0.05) is 19.1 Å². The SMILES string of the molecule is CC(N)C1CCCN(C(=O)CCOc2ccccc2Br)C1.Cl. The van der Waals surface area contributed by atoms with E-state index in [1.807, 2.05) is 36.1 Å². The number of nitrogens with two attached hydrogens (primary N) is 1. The van der Waals surface area contributed by atoms with Gasteiger partial charge in [0.2, 0.25) is 5.91 Å². The number of likely N-dealkylation sites (tertiary alicyclic amines) is 1. The zero-order valence-electron chi connectivity index (χ0n) is 12.8. The van der Waals surface area contributed by atoms with Crippen LogP contribution >= 0.6 is 28.3 Å². The molecule has 1 amide bonds. The van der Waals surface area contributed by atoms with Crippen LogP contribution in [0.5, 0.6) is 5.75 Å². The highest BCUT2D eigenvalue weighted by Crippen LogP contribution is 2.24. The average Bonchev–Trinajstić information content (AvgIpc) is 2.49. The van der Waals surface area contributed by atoms with Gasteiger partial charge < -0.3 is 15.4 Å². The van der Waals surface area contributed by atoms with Gasteiger partial charge in [-0.25, -0.2) is 0 Å². The molecule has 4 nitrogen and oxygen atoms in total. The first kappa shape index (κ1) is 19.3. The first-order valence-electron chi connectivity index (χ1n) is 7.48. The van der Waals surface area contributed by atoms with E-state index in [-0.39, 0.29) is 24.4 Å². The van der Waals surface area contributed by atoms with Gasteiger partial charge in [-0.1, -0.05) is 12.1 Å². The molecule has 124 valence electrons. The van der Waals surface area contributed by atoms with Gasteiger partial charge in [0.15, 0.2) is 0 Å². The van der Waals surface area contributed by atoms with E-state index >= 15 is 0 Å². The van der Waals surface area contributed by atoms with Gasteiger partial charge in [-0.05, 0) is 53.7 Å². The third-order valence-corrected chi connectivity index (χ3v) is 4.62. The number of ether oxygens (including phenoxy) is 1. The number of halogens is 2. The van der Waals surface area contributed by atoms with Crippen molar-refractivity contribution in [3.8, 4) is 5.75 Å². The average molecular weight is 392 g/mol. The largest absolute Gasteiger partial charge is 0.492 e. The molecule has 1 aliphatic rings. The molecule has 1 aromatic rings. The number of hydrogen-bond donors (Lipinski definition) is 1. The lowest BCUT2D eigenvalue weighted by atomic mass is 9.92. The summed E-state index contributed by atoms with van der Waals surface area (Å²) < 4.78 is 6.56. The number of hydrogen-bond acceptors (Lipinski definition) is 3. The quantitative estimate of drug-likeness (QED) is 0.838. The molecule has 0 spiro atoms. The lowest BCUT2D eigenvalue weighted by molar-refractivity contribution is -0.133. The van der Waals surface area contributed by atoms with Gasteiger partial charge in [-0.3, -0.25) is 4.79 Å². The van der Waals surface area contributed by atoms with E-state index in [0.29, 0.717) is 18.9 Å². The summed E-state index contributed by atoms with van der Waals surface area (Å²) in [5.74, 6) is 1.36. The maximum absolute atomic E-state index is 12.2. The summed E-state index contributed by atoms with van der Waals surface area (Å²) in [5, 5.41) is 0. The number of nitrogens with zero attached hydrogens (tertiary/aromatic N) is 1. The van der Waals surface area contributed by atoms with Crippen LogP contribution in [0.25, 0.3) is 0 Å². The van der Waals surface area contributed by atoms with Crippen LogP contribution in [0.4, 0.5) is 0 Å². The standard InChI is InChI=1S/C16H23BrN2O2.ClH/c1-12(18)13-5-4-9-19(11-13)16(20)8-10-21-15-7-3-2-6-14(15)17;/h2-3,6-7,12-13H,4-5,8-11,18H2,1H3;1H. The molecule has 22 heavy (non-hydrogen) atoms. The molecule has 1 heterocycles. The number of carbonyl (C=O) groups excluding carboxylic acids is 1. The second kappa shape index (κ2) is 9.38. The lowest BCUT2D eigenvalue weighted by Crippen LogP contribution is -2.45. The van der Waals surface area contributed by atoms with E-state index in [9.17, 15) is 4.79 Å². The Balaban J connectivity index is 0.00000242. The minimum atomic E-state index is 0. The Morgan fingerprint density at radius 3 is 2.91 bits per heavy atom. The topological polar surface area (TPSA) is 55.6 Å². The van der Waals surface area contributed by atoms with E-state index in [1.54, 1.807) is 0 Å². The number of benzene rings is 1. The van der Waals surface area contributed by atoms with Crippen molar-refractivity contribution in [3.63, 3.8) is 0 Å². The van der Waals surface area contributed by atoms with E-state index < -0.39 is 0 Å². The van der Waals surface area contributed by atoms with Crippen LogP contribution in [0.3, 0.4) is 0 Å². The molecule has 2 unspecified atom stereocenters. The van der Waals surface area contributed by atoms with Crippen LogP contribution in [-0.2, 0) is 4.79 Å². The van der Waals surface area contributed by atoms with Crippen molar-refractivity contribution in [1.82, 2.24) is 4.90 Å². The molecule has 0 radical (unpaired) electrons. The van der Waals surface area contributed by atoms with Crippen LogP contribution in [-0.4, -0.2) is 36.5 Å². The highest BCUT2D eigenvalue weighted by Gasteiger charge is 2.25. The predicted molar refractivity (Wildman–Crippen MR) is 94.5 cm³/mol. The Labute approximate surface area is 146 Å². The number of piperidine rings is 1. The second-order valence-corrected chi connectivity index (χ2v) is 6.48. The molecule has 0 saturated carbocycles. The molecule has 2 N–H and O–H groups in total. The van der Waals surface area contributed by atoms with E-state index in [0.717, 1.165) is 36.2 Å². The number of para-hydroxylation sites is 1. The van der Waals surface area contributed by atoms with Gasteiger partial charge in [-0.15, -0.1) is 12.4 Å².